The second kappa shape index (κ2) is 3.99. The predicted octanol–water partition coefficient (Wildman–Crippen LogP) is 1.65. The van der Waals surface area contributed by atoms with Gasteiger partial charge in [0.2, 0.25) is 0 Å². The Balaban J connectivity index is 2.00. The highest BCUT2D eigenvalue weighted by atomic mass is 32.1. The fourth-order valence-electron chi connectivity index (χ4n) is 2.60. The van der Waals surface area contributed by atoms with Crippen LogP contribution in [-0.2, 0) is 12.8 Å². The first kappa shape index (κ1) is 10.9. The van der Waals surface area contributed by atoms with Crippen molar-refractivity contribution in [1.29, 1.82) is 0 Å². The maximum absolute atomic E-state index is 12.3. The summed E-state index contributed by atoms with van der Waals surface area (Å²) in [6, 6.07) is 0. The summed E-state index contributed by atoms with van der Waals surface area (Å²) in [4.78, 5) is 21.7. The van der Waals surface area contributed by atoms with Crippen LogP contribution < -0.4 is 5.56 Å². The van der Waals surface area contributed by atoms with Crippen molar-refractivity contribution in [3.8, 4) is 11.5 Å². The maximum Gasteiger partial charge on any atom is 0.260 e. The fourth-order valence-corrected chi connectivity index (χ4v) is 3.86. The summed E-state index contributed by atoms with van der Waals surface area (Å²) in [7, 11) is 0. The number of aromatic nitrogens is 5. The number of hydrogen-bond donors (Lipinski definition) is 2. The molecule has 0 saturated heterocycles. The molecular formula is C12H11N5OS. The number of hydrogen-bond acceptors (Lipinski definition) is 5. The van der Waals surface area contributed by atoms with E-state index in [0.29, 0.717) is 11.5 Å². The lowest BCUT2D eigenvalue weighted by Gasteiger charge is -2.09. The number of aryl methyl sites for hydroxylation is 2. The number of aromatic amines is 2. The van der Waals surface area contributed by atoms with E-state index in [0.717, 1.165) is 29.5 Å². The van der Waals surface area contributed by atoms with Gasteiger partial charge in [0.25, 0.3) is 5.56 Å². The van der Waals surface area contributed by atoms with Crippen molar-refractivity contribution in [2.45, 2.75) is 25.7 Å². The van der Waals surface area contributed by atoms with E-state index in [-0.39, 0.29) is 5.56 Å². The van der Waals surface area contributed by atoms with Gasteiger partial charge < -0.3 is 4.98 Å². The quantitative estimate of drug-likeness (QED) is 0.705. The second-order valence-corrected chi connectivity index (χ2v) is 5.74. The molecule has 0 unspecified atom stereocenters. The highest BCUT2D eigenvalue weighted by Gasteiger charge is 2.20. The lowest BCUT2D eigenvalue weighted by Crippen LogP contribution is -2.11. The third-order valence-corrected chi connectivity index (χ3v) is 4.67. The van der Waals surface area contributed by atoms with Gasteiger partial charge in [0.15, 0.2) is 5.82 Å². The van der Waals surface area contributed by atoms with E-state index in [4.69, 9.17) is 0 Å². The average Bonchev–Trinajstić information content (AvgIpc) is 3.05. The van der Waals surface area contributed by atoms with Gasteiger partial charge in [-0.25, -0.2) is 4.98 Å². The molecule has 7 heteroatoms. The zero-order chi connectivity index (χ0) is 12.8. The molecule has 2 N–H and O–H groups in total. The van der Waals surface area contributed by atoms with Gasteiger partial charge in [-0.2, -0.15) is 15.4 Å². The van der Waals surface area contributed by atoms with E-state index < -0.39 is 0 Å². The van der Waals surface area contributed by atoms with Gasteiger partial charge in [0.1, 0.15) is 10.5 Å². The first-order valence-corrected chi connectivity index (χ1v) is 7.05. The Bertz CT molecular complexity index is 801. The minimum atomic E-state index is -0.0672. The van der Waals surface area contributed by atoms with Crippen LogP contribution in [0.1, 0.15) is 23.3 Å². The van der Waals surface area contributed by atoms with Crippen molar-refractivity contribution in [1.82, 2.24) is 25.4 Å². The van der Waals surface area contributed by atoms with Crippen LogP contribution in [0.2, 0.25) is 0 Å². The van der Waals surface area contributed by atoms with Gasteiger partial charge in [-0.1, -0.05) is 0 Å². The smallest absolute Gasteiger partial charge is 0.260 e. The molecule has 3 aromatic rings. The second-order valence-electron chi connectivity index (χ2n) is 4.66. The normalized spacial score (nSPS) is 14.7. The number of H-pyrrole nitrogens is 2. The Morgan fingerprint density at radius 1 is 1.26 bits per heavy atom. The summed E-state index contributed by atoms with van der Waals surface area (Å²) in [6.07, 6.45) is 5.97. The topological polar surface area (TPSA) is 87.3 Å². The summed E-state index contributed by atoms with van der Waals surface area (Å²) in [5, 5.41) is 11.0. The van der Waals surface area contributed by atoms with Crippen LogP contribution in [0.3, 0.4) is 0 Å². The number of nitrogens with zero attached hydrogens (tertiary/aromatic N) is 3. The number of thiophene rings is 1. The van der Waals surface area contributed by atoms with Gasteiger partial charge >= 0.3 is 0 Å². The molecule has 0 radical (unpaired) electrons. The molecule has 1 aliphatic rings. The predicted molar refractivity (Wildman–Crippen MR) is 72.3 cm³/mol. The van der Waals surface area contributed by atoms with Crippen LogP contribution >= 0.6 is 11.3 Å². The van der Waals surface area contributed by atoms with Crippen molar-refractivity contribution in [3.05, 3.63) is 27.0 Å². The Labute approximate surface area is 111 Å². The largest absolute Gasteiger partial charge is 0.304 e. The Morgan fingerprint density at radius 2 is 2.16 bits per heavy atom. The van der Waals surface area contributed by atoms with E-state index in [2.05, 4.69) is 25.4 Å². The molecule has 0 aliphatic heterocycles. The zero-order valence-corrected chi connectivity index (χ0v) is 10.9. The highest BCUT2D eigenvalue weighted by Crippen LogP contribution is 2.33. The van der Waals surface area contributed by atoms with Crippen molar-refractivity contribution in [2.75, 3.05) is 0 Å². The Morgan fingerprint density at radius 3 is 3.00 bits per heavy atom. The van der Waals surface area contributed by atoms with E-state index in [1.807, 2.05) is 0 Å². The van der Waals surface area contributed by atoms with Gasteiger partial charge in [0.05, 0.1) is 11.6 Å². The fraction of sp³-hybridized carbons (Fsp3) is 0.333. The summed E-state index contributed by atoms with van der Waals surface area (Å²) < 4.78 is 0. The molecule has 3 heterocycles. The molecule has 3 aromatic heterocycles. The van der Waals surface area contributed by atoms with Gasteiger partial charge in [0, 0.05) is 4.88 Å². The maximum atomic E-state index is 12.3. The van der Waals surface area contributed by atoms with Gasteiger partial charge in [-0.05, 0) is 31.2 Å². The minimum Gasteiger partial charge on any atom is -0.304 e. The van der Waals surface area contributed by atoms with Crippen molar-refractivity contribution >= 4 is 21.6 Å². The van der Waals surface area contributed by atoms with Gasteiger partial charge in [-0.15, -0.1) is 11.3 Å². The first-order valence-electron chi connectivity index (χ1n) is 6.23. The standard InChI is InChI=1S/C12H11N5OS/c18-11-9-6-3-1-2-4-8(6)19-12(9)15-10(14-11)7-5-13-17-16-7/h5H,1-4H2,(H,13,16,17)(H,14,15,18). The van der Waals surface area contributed by atoms with Crippen LogP contribution in [-0.4, -0.2) is 25.4 Å². The first-order chi connectivity index (χ1) is 9.33. The third-order valence-electron chi connectivity index (χ3n) is 3.48. The third kappa shape index (κ3) is 1.61. The molecule has 1 aliphatic carbocycles. The average molecular weight is 273 g/mol. The van der Waals surface area contributed by atoms with E-state index in [9.17, 15) is 4.79 Å². The Hall–Kier alpha value is -2.02. The minimum absolute atomic E-state index is 0.0672. The SMILES string of the molecule is O=c1[nH]c(-c2cn[nH]n2)nc2sc3c(c12)CCCC3. The number of nitrogens with one attached hydrogen (secondary N) is 2. The number of fused-ring (bicyclic) bond motifs is 3. The van der Waals surface area contributed by atoms with Crippen LogP contribution in [0.4, 0.5) is 0 Å². The summed E-state index contributed by atoms with van der Waals surface area (Å²) >= 11 is 1.64. The van der Waals surface area contributed by atoms with Crippen LogP contribution in [0.25, 0.3) is 21.7 Å². The summed E-state index contributed by atoms with van der Waals surface area (Å²) in [6.45, 7) is 0. The van der Waals surface area contributed by atoms with Crippen molar-refractivity contribution in [2.24, 2.45) is 0 Å². The molecule has 0 amide bonds. The van der Waals surface area contributed by atoms with Gasteiger partial charge in [-0.3, -0.25) is 4.79 Å². The molecule has 0 atom stereocenters. The molecule has 96 valence electrons. The highest BCUT2D eigenvalue weighted by molar-refractivity contribution is 7.18. The molecule has 0 saturated carbocycles. The molecule has 19 heavy (non-hydrogen) atoms. The van der Waals surface area contributed by atoms with E-state index in [1.165, 1.54) is 16.9 Å². The lowest BCUT2D eigenvalue weighted by molar-refractivity contribution is 0.700. The lowest BCUT2D eigenvalue weighted by atomic mass is 9.97. The summed E-state index contributed by atoms with van der Waals surface area (Å²) in [5.74, 6) is 0.477. The molecule has 0 spiro atoms. The molecule has 4 rings (SSSR count). The Kier molecular flexibility index (Phi) is 2.28. The molecular weight excluding hydrogens is 262 g/mol. The van der Waals surface area contributed by atoms with Crippen molar-refractivity contribution in [3.63, 3.8) is 0 Å². The summed E-state index contributed by atoms with van der Waals surface area (Å²) in [5.41, 5.74) is 1.69. The zero-order valence-electron chi connectivity index (χ0n) is 10.1. The molecule has 0 aromatic carbocycles. The molecule has 0 bridgehead atoms. The van der Waals surface area contributed by atoms with E-state index in [1.54, 1.807) is 17.5 Å². The van der Waals surface area contributed by atoms with Crippen LogP contribution in [0.15, 0.2) is 11.0 Å². The van der Waals surface area contributed by atoms with Crippen molar-refractivity contribution < 1.29 is 0 Å². The van der Waals surface area contributed by atoms with E-state index >= 15 is 0 Å². The molecule has 6 nitrogen and oxygen atoms in total. The molecule has 0 fully saturated rings. The van der Waals surface area contributed by atoms with Crippen LogP contribution in [0, 0.1) is 0 Å². The number of rotatable bonds is 1. The van der Waals surface area contributed by atoms with Crippen LogP contribution in [0.5, 0.6) is 0 Å². The monoisotopic (exact) mass is 273 g/mol.